The van der Waals surface area contributed by atoms with Crippen LogP contribution >= 0.6 is 11.6 Å². The minimum absolute atomic E-state index is 0.383. The lowest BCUT2D eigenvalue weighted by Gasteiger charge is -2.43. The molecule has 1 saturated carbocycles. The molecule has 0 saturated heterocycles. The van der Waals surface area contributed by atoms with Gasteiger partial charge in [0, 0.05) is 5.56 Å². The number of carbonyl (C=O) groups excluding carboxylic acids is 1. The van der Waals surface area contributed by atoms with Gasteiger partial charge in [0.25, 0.3) is 0 Å². The van der Waals surface area contributed by atoms with Crippen LogP contribution in [0.3, 0.4) is 0 Å². The maximum Gasteiger partial charge on any atom is 0.408 e. The van der Waals surface area contributed by atoms with Crippen LogP contribution in [0.5, 0.6) is 0 Å². The number of fused-ring (bicyclic) bond motifs is 1. The van der Waals surface area contributed by atoms with Crippen LogP contribution in [0.25, 0.3) is 28.0 Å². The molecule has 5 rings (SSSR count). The van der Waals surface area contributed by atoms with Crippen molar-refractivity contribution < 1.29 is 9.53 Å². The molecule has 0 aliphatic heterocycles. The smallest absolute Gasteiger partial charge is 0.408 e. The molecule has 35 heavy (non-hydrogen) atoms. The van der Waals surface area contributed by atoms with E-state index in [4.69, 9.17) is 26.3 Å². The molecule has 0 atom stereocenters. The molecule has 1 aromatic carbocycles. The summed E-state index contributed by atoms with van der Waals surface area (Å²) in [4.78, 5) is 26.7. The molecule has 3 aromatic rings. The van der Waals surface area contributed by atoms with Gasteiger partial charge < -0.3 is 10.1 Å². The number of nitrogens with zero attached hydrogens (tertiary/aromatic N) is 3. The van der Waals surface area contributed by atoms with Crippen LogP contribution < -0.4 is 5.32 Å². The average Bonchev–Trinajstić information content (AvgIpc) is 2.80. The van der Waals surface area contributed by atoms with E-state index in [1.54, 1.807) is 6.07 Å². The Balaban J connectivity index is 1.51. The third-order valence-corrected chi connectivity index (χ3v) is 6.63. The molecule has 1 amide bonds. The summed E-state index contributed by atoms with van der Waals surface area (Å²) < 4.78 is 5.52. The number of alkyl carbamates (subject to hydrolysis) is 1. The van der Waals surface area contributed by atoms with Crippen molar-refractivity contribution in [2.45, 2.75) is 64.0 Å². The molecule has 7 heteroatoms. The predicted molar refractivity (Wildman–Crippen MR) is 139 cm³/mol. The van der Waals surface area contributed by atoms with Crippen molar-refractivity contribution in [2.24, 2.45) is 0 Å². The van der Waals surface area contributed by atoms with E-state index in [2.05, 4.69) is 52.8 Å². The summed E-state index contributed by atoms with van der Waals surface area (Å²) in [6.07, 6.45) is 10.9. The number of amides is 1. The molecular formula is C28H29ClN4O2. The van der Waals surface area contributed by atoms with Crippen LogP contribution in [0.1, 0.15) is 64.1 Å². The summed E-state index contributed by atoms with van der Waals surface area (Å²) in [5, 5.41) is 3.52. The highest BCUT2D eigenvalue weighted by molar-refractivity contribution is 6.29. The fraction of sp³-hybridized carbons (Fsp3) is 0.357. The number of hydrogen-bond acceptors (Lipinski definition) is 5. The summed E-state index contributed by atoms with van der Waals surface area (Å²) >= 11 is 6.12. The lowest BCUT2D eigenvalue weighted by molar-refractivity contribution is 0.0377. The van der Waals surface area contributed by atoms with E-state index < -0.39 is 11.1 Å². The highest BCUT2D eigenvalue weighted by Gasteiger charge is 2.41. The second-order valence-electron chi connectivity index (χ2n) is 10.2. The molecule has 0 unspecified atom stereocenters. The SMILES string of the molecule is CC(C)(C)OC(=O)NC1(c2ccc(-c3nc4ccc(Cl)nc4nc3C3=CCCC=C3)cc2)CCC1. The van der Waals surface area contributed by atoms with E-state index in [0.717, 1.165) is 60.2 Å². The minimum atomic E-state index is -0.536. The van der Waals surface area contributed by atoms with E-state index in [1.165, 1.54) is 0 Å². The third kappa shape index (κ3) is 4.94. The van der Waals surface area contributed by atoms with Gasteiger partial charge in [-0.2, -0.15) is 0 Å². The minimum Gasteiger partial charge on any atom is -0.444 e. The Kier molecular flexibility index (Phi) is 6.09. The Morgan fingerprint density at radius 3 is 2.40 bits per heavy atom. The Bertz CT molecular complexity index is 1340. The Labute approximate surface area is 210 Å². The van der Waals surface area contributed by atoms with Gasteiger partial charge in [0.2, 0.25) is 0 Å². The zero-order chi connectivity index (χ0) is 24.6. The lowest BCUT2D eigenvalue weighted by atomic mass is 9.71. The van der Waals surface area contributed by atoms with Crippen molar-refractivity contribution in [3.63, 3.8) is 0 Å². The van der Waals surface area contributed by atoms with Crippen LogP contribution in [-0.4, -0.2) is 26.6 Å². The van der Waals surface area contributed by atoms with Crippen molar-refractivity contribution >= 4 is 34.4 Å². The first kappa shape index (κ1) is 23.5. The largest absolute Gasteiger partial charge is 0.444 e. The summed E-state index contributed by atoms with van der Waals surface area (Å²) in [6, 6.07) is 11.8. The first-order chi connectivity index (χ1) is 16.7. The fourth-order valence-corrected chi connectivity index (χ4v) is 4.72. The zero-order valence-corrected chi connectivity index (χ0v) is 21.0. The molecule has 1 N–H and O–H groups in total. The number of hydrogen-bond donors (Lipinski definition) is 1. The highest BCUT2D eigenvalue weighted by atomic mass is 35.5. The Hall–Kier alpha value is -3.25. The van der Waals surface area contributed by atoms with E-state index in [-0.39, 0.29) is 6.09 Å². The normalized spacial score (nSPS) is 17.0. The number of aromatic nitrogens is 3. The maximum absolute atomic E-state index is 12.5. The van der Waals surface area contributed by atoms with Crippen LogP contribution in [0, 0.1) is 0 Å². The summed E-state index contributed by atoms with van der Waals surface area (Å²) in [7, 11) is 0. The number of allylic oxidation sites excluding steroid dienone is 4. The molecule has 1 fully saturated rings. The summed E-state index contributed by atoms with van der Waals surface area (Å²) in [5.41, 5.74) is 4.95. The monoisotopic (exact) mass is 488 g/mol. The van der Waals surface area contributed by atoms with Crippen molar-refractivity contribution in [3.05, 3.63) is 71.0 Å². The second kappa shape index (κ2) is 9.08. The van der Waals surface area contributed by atoms with Gasteiger partial charge in [-0.25, -0.2) is 19.7 Å². The number of carbonyl (C=O) groups is 1. The molecule has 2 heterocycles. The van der Waals surface area contributed by atoms with Gasteiger partial charge in [-0.3, -0.25) is 0 Å². The Morgan fingerprint density at radius 1 is 1.00 bits per heavy atom. The molecule has 0 radical (unpaired) electrons. The van der Waals surface area contributed by atoms with Crippen LogP contribution in [0.4, 0.5) is 4.79 Å². The van der Waals surface area contributed by atoms with Crippen molar-refractivity contribution in [3.8, 4) is 11.3 Å². The van der Waals surface area contributed by atoms with Crippen molar-refractivity contribution in [1.82, 2.24) is 20.3 Å². The topological polar surface area (TPSA) is 77.0 Å². The van der Waals surface area contributed by atoms with Crippen LogP contribution in [-0.2, 0) is 10.3 Å². The quantitative estimate of drug-likeness (QED) is 0.401. The van der Waals surface area contributed by atoms with Crippen molar-refractivity contribution in [2.75, 3.05) is 0 Å². The number of benzene rings is 1. The average molecular weight is 489 g/mol. The van der Waals surface area contributed by atoms with E-state index in [9.17, 15) is 4.79 Å². The van der Waals surface area contributed by atoms with Gasteiger partial charge in [-0.05, 0) is 76.1 Å². The lowest BCUT2D eigenvalue weighted by Crippen LogP contribution is -2.52. The first-order valence-corrected chi connectivity index (χ1v) is 12.4. The third-order valence-electron chi connectivity index (χ3n) is 6.42. The zero-order valence-electron chi connectivity index (χ0n) is 20.3. The first-order valence-electron chi connectivity index (χ1n) is 12.1. The van der Waals surface area contributed by atoms with E-state index in [0.29, 0.717) is 16.3 Å². The summed E-state index contributed by atoms with van der Waals surface area (Å²) in [5.74, 6) is 0. The van der Waals surface area contributed by atoms with Crippen LogP contribution in [0.15, 0.2) is 54.6 Å². The molecule has 2 aliphatic carbocycles. The molecule has 2 aromatic heterocycles. The van der Waals surface area contributed by atoms with Gasteiger partial charge in [-0.15, -0.1) is 0 Å². The number of nitrogens with one attached hydrogen (secondary N) is 1. The number of ether oxygens (including phenoxy) is 1. The van der Waals surface area contributed by atoms with Gasteiger partial charge in [-0.1, -0.05) is 54.1 Å². The van der Waals surface area contributed by atoms with Crippen molar-refractivity contribution in [1.29, 1.82) is 0 Å². The van der Waals surface area contributed by atoms with Gasteiger partial charge in [0.15, 0.2) is 5.65 Å². The molecule has 0 bridgehead atoms. The standard InChI is InChI=1S/C28H29ClN4O2/c1-27(2,3)35-26(34)33-28(16-7-17-28)20-12-10-19(11-13-20)23-24(18-8-5-4-6-9-18)32-25-21(30-23)14-15-22(29)31-25/h5,8-15H,4,6-7,16-17H2,1-3H3,(H,33,34). The predicted octanol–water partition coefficient (Wildman–Crippen LogP) is 6.98. The van der Waals surface area contributed by atoms with E-state index in [1.807, 2.05) is 26.8 Å². The number of pyridine rings is 1. The second-order valence-corrected chi connectivity index (χ2v) is 10.6. The molecular weight excluding hydrogens is 460 g/mol. The molecule has 180 valence electrons. The fourth-order valence-electron chi connectivity index (χ4n) is 4.57. The molecule has 2 aliphatic rings. The molecule has 0 spiro atoms. The molecule has 6 nitrogen and oxygen atoms in total. The Morgan fingerprint density at radius 2 is 1.77 bits per heavy atom. The van der Waals surface area contributed by atoms with Crippen LogP contribution in [0.2, 0.25) is 5.15 Å². The number of halogens is 1. The van der Waals surface area contributed by atoms with E-state index >= 15 is 0 Å². The van der Waals surface area contributed by atoms with Gasteiger partial charge in [0.1, 0.15) is 16.3 Å². The highest BCUT2D eigenvalue weighted by Crippen LogP contribution is 2.42. The van der Waals surface area contributed by atoms with Gasteiger partial charge >= 0.3 is 6.09 Å². The maximum atomic E-state index is 12.5. The van der Waals surface area contributed by atoms with Gasteiger partial charge in [0.05, 0.1) is 16.9 Å². The number of rotatable bonds is 4. The summed E-state index contributed by atoms with van der Waals surface area (Å²) in [6.45, 7) is 5.62.